The van der Waals surface area contributed by atoms with Crippen LogP contribution in [-0.2, 0) is 14.8 Å². The Hall–Kier alpha value is -2.97. The Kier molecular flexibility index (Phi) is 4.88. The molecule has 1 heterocycles. The fraction of sp³-hybridized carbons (Fsp3) is 0.111. The molecule has 0 fully saturated rings. The molecule has 8 heteroatoms. The number of rotatable bonds is 5. The van der Waals surface area contributed by atoms with Crippen LogP contribution in [0.25, 0.3) is 17.2 Å². The summed E-state index contributed by atoms with van der Waals surface area (Å²) < 4.78 is 31.8. The molecule has 1 aromatic heterocycles. The lowest BCUT2D eigenvalue weighted by molar-refractivity contribution is -0.111. The van der Waals surface area contributed by atoms with Crippen molar-refractivity contribution < 1.29 is 17.6 Å². The Morgan fingerprint density at radius 3 is 2.69 bits per heavy atom. The minimum Gasteiger partial charge on any atom is -0.437 e. The molecule has 1 amide bonds. The highest BCUT2D eigenvalue weighted by Crippen LogP contribution is 2.20. The molecule has 134 valence electrons. The smallest absolute Gasteiger partial charge is 0.248 e. The van der Waals surface area contributed by atoms with Crippen molar-refractivity contribution in [1.29, 1.82) is 0 Å². The van der Waals surface area contributed by atoms with Gasteiger partial charge in [-0.25, -0.2) is 18.1 Å². The van der Waals surface area contributed by atoms with Crippen molar-refractivity contribution in [3.63, 3.8) is 0 Å². The molecule has 3 rings (SSSR count). The van der Waals surface area contributed by atoms with Crippen LogP contribution >= 0.6 is 0 Å². The van der Waals surface area contributed by atoms with Crippen LogP contribution in [0.4, 0.5) is 5.69 Å². The second kappa shape index (κ2) is 7.11. The summed E-state index contributed by atoms with van der Waals surface area (Å²) >= 11 is 0. The summed E-state index contributed by atoms with van der Waals surface area (Å²) in [6, 6.07) is 12.0. The molecule has 0 aliphatic heterocycles. The molecule has 0 spiro atoms. The number of para-hydroxylation sites is 2. The molecule has 2 aromatic carbocycles. The van der Waals surface area contributed by atoms with Gasteiger partial charge in [0.2, 0.25) is 21.8 Å². The molecule has 0 saturated carbocycles. The zero-order valence-corrected chi connectivity index (χ0v) is 15.0. The molecule has 3 aromatic rings. The van der Waals surface area contributed by atoms with Crippen LogP contribution in [0.1, 0.15) is 11.5 Å². The molecule has 0 bridgehead atoms. The number of aryl methyl sites for hydroxylation is 1. The standard InChI is InChI=1S/C18H17N3O4S/c1-12-7-8-13(11-16(12)26(23,24)19-2)20-17(22)9-10-18-21-14-5-3-4-6-15(14)25-18/h3-11,19H,1-2H3,(H,20,22)/b10-9+. The fourth-order valence-corrected chi connectivity index (χ4v) is 3.36. The van der Waals surface area contributed by atoms with E-state index in [2.05, 4.69) is 15.0 Å². The van der Waals surface area contributed by atoms with Gasteiger partial charge >= 0.3 is 0 Å². The zero-order valence-electron chi connectivity index (χ0n) is 14.2. The van der Waals surface area contributed by atoms with Gasteiger partial charge in [0.05, 0.1) is 4.90 Å². The number of carbonyl (C=O) groups is 1. The quantitative estimate of drug-likeness (QED) is 0.672. The summed E-state index contributed by atoms with van der Waals surface area (Å²) in [5, 5.41) is 2.62. The first kappa shape index (κ1) is 17.8. The third-order valence-corrected chi connectivity index (χ3v) is 5.26. The Labute approximate surface area is 150 Å². The van der Waals surface area contributed by atoms with Crippen LogP contribution in [-0.4, -0.2) is 26.4 Å². The first-order valence-electron chi connectivity index (χ1n) is 7.78. The Balaban J connectivity index is 1.76. The van der Waals surface area contributed by atoms with Gasteiger partial charge in [-0.1, -0.05) is 18.2 Å². The third-order valence-electron chi connectivity index (χ3n) is 3.70. The molecule has 0 unspecified atom stereocenters. The van der Waals surface area contributed by atoms with E-state index in [4.69, 9.17) is 4.42 Å². The van der Waals surface area contributed by atoms with E-state index in [0.29, 0.717) is 28.2 Å². The lowest BCUT2D eigenvalue weighted by Gasteiger charge is -2.09. The van der Waals surface area contributed by atoms with Crippen LogP contribution in [0.2, 0.25) is 0 Å². The van der Waals surface area contributed by atoms with Crippen LogP contribution in [0, 0.1) is 6.92 Å². The lowest BCUT2D eigenvalue weighted by Crippen LogP contribution is -2.20. The normalized spacial score (nSPS) is 11.9. The molecular formula is C18H17N3O4S. The average molecular weight is 371 g/mol. The topological polar surface area (TPSA) is 101 Å². The number of oxazole rings is 1. The number of hydrogen-bond donors (Lipinski definition) is 2. The second-order valence-electron chi connectivity index (χ2n) is 5.53. The Morgan fingerprint density at radius 1 is 1.19 bits per heavy atom. The summed E-state index contributed by atoms with van der Waals surface area (Å²) in [7, 11) is -2.27. The summed E-state index contributed by atoms with van der Waals surface area (Å²) in [5.41, 5.74) is 2.29. The lowest BCUT2D eigenvalue weighted by atomic mass is 10.2. The number of hydrogen-bond acceptors (Lipinski definition) is 5. The first-order valence-corrected chi connectivity index (χ1v) is 9.26. The van der Waals surface area contributed by atoms with Crippen molar-refractivity contribution in [3.05, 3.63) is 60.0 Å². The summed E-state index contributed by atoms with van der Waals surface area (Å²) in [6.45, 7) is 1.68. The van der Waals surface area contributed by atoms with Gasteiger partial charge in [0.1, 0.15) is 5.52 Å². The maximum Gasteiger partial charge on any atom is 0.248 e. The highest BCUT2D eigenvalue weighted by atomic mass is 32.2. The number of benzene rings is 2. The van der Waals surface area contributed by atoms with Gasteiger partial charge in [-0.2, -0.15) is 0 Å². The first-order chi connectivity index (χ1) is 12.4. The highest BCUT2D eigenvalue weighted by molar-refractivity contribution is 7.89. The molecular weight excluding hydrogens is 354 g/mol. The minimum atomic E-state index is -3.60. The summed E-state index contributed by atoms with van der Waals surface area (Å²) in [4.78, 5) is 16.4. The minimum absolute atomic E-state index is 0.112. The van der Waals surface area contributed by atoms with Crippen LogP contribution in [0.15, 0.2) is 57.9 Å². The number of amides is 1. The van der Waals surface area contributed by atoms with E-state index in [1.54, 1.807) is 25.1 Å². The number of fused-ring (bicyclic) bond motifs is 1. The molecule has 0 atom stereocenters. The predicted octanol–water partition coefficient (Wildman–Crippen LogP) is 2.70. The number of carbonyl (C=O) groups excluding carboxylic acids is 1. The van der Waals surface area contributed by atoms with Gasteiger partial charge < -0.3 is 9.73 Å². The van der Waals surface area contributed by atoms with Gasteiger partial charge in [0, 0.05) is 17.8 Å². The van der Waals surface area contributed by atoms with Crippen LogP contribution in [0.5, 0.6) is 0 Å². The van der Waals surface area contributed by atoms with Crippen molar-refractivity contribution in [1.82, 2.24) is 9.71 Å². The Morgan fingerprint density at radius 2 is 1.96 bits per heavy atom. The van der Waals surface area contributed by atoms with Gasteiger partial charge in [-0.15, -0.1) is 0 Å². The third kappa shape index (κ3) is 3.81. The van der Waals surface area contributed by atoms with Crippen molar-refractivity contribution >= 4 is 38.8 Å². The van der Waals surface area contributed by atoms with Crippen molar-refractivity contribution in [2.75, 3.05) is 12.4 Å². The van der Waals surface area contributed by atoms with Gasteiger partial charge in [-0.05, 0) is 43.8 Å². The number of nitrogens with one attached hydrogen (secondary N) is 2. The van der Waals surface area contributed by atoms with E-state index in [-0.39, 0.29) is 4.90 Å². The van der Waals surface area contributed by atoms with Crippen molar-refractivity contribution in [2.45, 2.75) is 11.8 Å². The highest BCUT2D eigenvalue weighted by Gasteiger charge is 2.15. The molecule has 0 radical (unpaired) electrons. The Bertz CT molecular complexity index is 1070. The van der Waals surface area contributed by atoms with E-state index in [0.717, 1.165) is 0 Å². The SMILES string of the molecule is CNS(=O)(=O)c1cc(NC(=O)/C=C/c2nc3ccccc3o2)ccc1C. The van der Waals surface area contributed by atoms with Crippen molar-refractivity contribution in [3.8, 4) is 0 Å². The second-order valence-corrected chi connectivity index (χ2v) is 7.39. The number of sulfonamides is 1. The zero-order chi connectivity index (χ0) is 18.7. The van der Waals surface area contributed by atoms with Gasteiger partial charge in [-0.3, -0.25) is 4.79 Å². The van der Waals surface area contributed by atoms with E-state index in [1.807, 2.05) is 18.2 Å². The summed E-state index contributed by atoms with van der Waals surface area (Å²) in [6.07, 6.45) is 2.73. The largest absolute Gasteiger partial charge is 0.437 e. The van der Waals surface area contributed by atoms with Gasteiger partial charge in [0.15, 0.2) is 5.58 Å². The fourth-order valence-electron chi connectivity index (χ4n) is 2.37. The van der Waals surface area contributed by atoms with E-state index in [9.17, 15) is 13.2 Å². The number of anilines is 1. The predicted molar refractivity (Wildman–Crippen MR) is 99.1 cm³/mol. The van der Waals surface area contributed by atoms with E-state index >= 15 is 0 Å². The van der Waals surface area contributed by atoms with Gasteiger partial charge in [0.25, 0.3) is 0 Å². The monoisotopic (exact) mass is 371 g/mol. The van der Waals surface area contributed by atoms with Crippen LogP contribution in [0.3, 0.4) is 0 Å². The molecule has 2 N–H and O–H groups in total. The maximum absolute atomic E-state index is 12.1. The maximum atomic E-state index is 12.1. The summed E-state index contributed by atoms with van der Waals surface area (Å²) in [5.74, 6) is -0.118. The number of aromatic nitrogens is 1. The number of nitrogens with zero attached hydrogens (tertiary/aromatic N) is 1. The molecule has 0 aliphatic rings. The molecule has 26 heavy (non-hydrogen) atoms. The molecule has 0 saturated heterocycles. The van der Waals surface area contributed by atoms with Crippen LogP contribution < -0.4 is 10.0 Å². The average Bonchev–Trinajstić information content (AvgIpc) is 3.04. The van der Waals surface area contributed by atoms with E-state index < -0.39 is 15.9 Å². The molecule has 0 aliphatic carbocycles. The van der Waals surface area contributed by atoms with E-state index in [1.165, 1.54) is 25.3 Å². The van der Waals surface area contributed by atoms with Crippen molar-refractivity contribution in [2.24, 2.45) is 0 Å². The molecule has 7 nitrogen and oxygen atoms in total.